The summed E-state index contributed by atoms with van der Waals surface area (Å²) in [6, 6.07) is 21.4. The first-order valence-electron chi connectivity index (χ1n) is 11.0. The maximum absolute atomic E-state index is 13.1. The molecule has 0 fully saturated rings. The van der Waals surface area contributed by atoms with Gasteiger partial charge in [-0.15, -0.1) is 0 Å². The summed E-state index contributed by atoms with van der Waals surface area (Å²) >= 11 is 11.7. The summed E-state index contributed by atoms with van der Waals surface area (Å²) < 4.78 is 24.0. The van der Waals surface area contributed by atoms with Gasteiger partial charge in [0, 0.05) is 27.2 Å². The number of nitrogens with one attached hydrogen (secondary N) is 1. The van der Waals surface area contributed by atoms with Crippen molar-refractivity contribution >= 4 is 47.3 Å². The highest BCUT2D eigenvalue weighted by molar-refractivity contribution is 6.31. The number of benzene rings is 4. The largest absolute Gasteiger partial charge is 0.423 e. The van der Waals surface area contributed by atoms with E-state index < -0.39 is 23.7 Å². The number of hydrogen-bond acceptors (Lipinski definition) is 6. The Hall–Kier alpha value is -4.53. The van der Waals surface area contributed by atoms with Gasteiger partial charge < -0.3 is 9.47 Å². The highest BCUT2D eigenvalue weighted by Crippen LogP contribution is 2.26. The van der Waals surface area contributed by atoms with Gasteiger partial charge in [-0.25, -0.2) is 19.4 Å². The number of nitrogens with zero attached hydrogens (tertiary/aromatic N) is 1. The van der Waals surface area contributed by atoms with E-state index in [0.717, 1.165) is 12.1 Å². The number of carbonyl (C=O) groups is 3. The smallest absolute Gasteiger partial charge is 0.343 e. The van der Waals surface area contributed by atoms with Crippen LogP contribution in [0.4, 0.5) is 4.39 Å². The van der Waals surface area contributed by atoms with E-state index in [-0.39, 0.29) is 33.8 Å². The highest BCUT2D eigenvalue weighted by Gasteiger charge is 2.15. The van der Waals surface area contributed by atoms with Gasteiger partial charge in [0.25, 0.3) is 5.91 Å². The molecule has 1 amide bonds. The van der Waals surface area contributed by atoms with Gasteiger partial charge in [-0.2, -0.15) is 5.10 Å². The fraction of sp³-hybridized carbons (Fsp3) is 0. The number of esters is 2. The Balaban J connectivity index is 1.56. The number of ether oxygens (including phenoxy) is 2. The molecule has 7 nitrogen and oxygen atoms in total. The van der Waals surface area contributed by atoms with Gasteiger partial charge in [0.2, 0.25) is 0 Å². The fourth-order valence-corrected chi connectivity index (χ4v) is 3.35. The van der Waals surface area contributed by atoms with E-state index in [9.17, 15) is 18.8 Å². The standard InChI is InChI=1S/C28H17Cl2FN2O5/c29-21-8-1-18(2-9-21)27(35)37-24-14-7-20(16-32-33-26(34)17-5-12-23(31)13-6-17)25(15-24)38-28(36)19-3-10-22(30)11-4-19/h1-16H,(H,33,34)/b32-16-. The Bertz CT molecular complexity index is 1510. The Kier molecular flexibility index (Phi) is 8.47. The van der Waals surface area contributed by atoms with Crippen molar-refractivity contribution in [3.05, 3.63) is 129 Å². The average molecular weight is 551 g/mol. The minimum atomic E-state index is -0.701. The van der Waals surface area contributed by atoms with E-state index in [1.165, 1.54) is 72.9 Å². The first kappa shape index (κ1) is 26.5. The average Bonchev–Trinajstić information content (AvgIpc) is 2.91. The van der Waals surface area contributed by atoms with Crippen molar-refractivity contribution in [3.8, 4) is 11.5 Å². The van der Waals surface area contributed by atoms with Crippen molar-refractivity contribution in [3.63, 3.8) is 0 Å². The van der Waals surface area contributed by atoms with Crippen molar-refractivity contribution in [2.75, 3.05) is 0 Å². The molecule has 1 N–H and O–H groups in total. The van der Waals surface area contributed by atoms with Crippen LogP contribution in [0.25, 0.3) is 0 Å². The predicted octanol–water partition coefficient (Wildman–Crippen LogP) is 6.33. The molecule has 0 aliphatic carbocycles. The van der Waals surface area contributed by atoms with Crippen LogP contribution in [-0.2, 0) is 0 Å². The first-order valence-corrected chi connectivity index (χ1v) is 11.7. The monoisotopic (exact) mass is 550 g/mol. The minimum absolute atomic E-state index is 0.00568. The van der Waals surface area contributed by atoms with Crippen LogP contribution in [0, 0.1) is 5.82 Å². The third-order valence-corrected chi connectivity index (χ3v) is 5.54. The van der Waals surface area contributed by atoms with Crippen LogP contribution in [0.2, 0.25) is 10.0 Å². The van der Waals surface area contributed by atoms with Gasteiger partial charge in [-0.3, -0.25) is 4.79 Å². The zero-order chi connectivity index (χ0) is 27.1. The molecule has 0 heterocycles. The number of carbonyl (C=O) groups excluding carboxylic acids is 3. The summed E-state index contributed by atoms with van der Waals surface area (Å²) in [5.41, 5.74) is 3.30. The van der Waals surface area contributed by atoms with E-state index in [2.05, 4.69) is 10.5 Å². The molecular formula is C28H17Cl2FN2O5. The molecule has 4 rings (SSSR count). The summed E-state index contributed by atoms with van der Waals surface area (Å²) in [5.74, 6) is -2.30. The van der Waals surface area contributed by atoms with Crippen LogP contribution in [0.1, 0.15) is 36.6 Å². The summed E-state index contributed by atoms with van der Waals surface area (Å²) in [6.45, 7) is 0. The molecule has 0 aliphatic rings. The van der Waals surface area contributed by atoms with E-state index in [1.54, 1.807) is 12.1 Å². The number of hydrogen-bond donors (Lipinski definition) is 1. The van der Waals surface area contributed by atoms with Crippen molar-refractivity contribution < 1.29 is 28.2 Å². The van der Waals surface area contributed by atoms with Crippen LogP contribution in [-0.4, -0.2) is 24.1 Å². The van der Waals surface area contributed by atoms with E-state index in [1.807, 2.05) is 0 Å². The van der Waals surface area contributed by atoms with Crippen LogP contribution in [0.3, 0.4) is 0 Å². The molecule has 4 aromatic carbocycles. The molecule has 0 radical (unpaired) electrons. The second-order valence-electron chi connectivity index (χ2n) is 7.70. The van der Waals surface area contributed by atoms with Crippen LogP contribution in [0.5, 0.6) is 11.5 Å². The van der Waals surface area contributed by atoms with Gasteiger partial charge in [-0.1, -0.05) is 23.2 Å². The maximum Gasteiger partial charge on any atom is 0.343 e. The zero-order valence-corrected chi connectivity index (χ0v) is 20.9. The molecule has 0 aliphatic heterocycles. The topological polar surface area (TPSA) is 94.1 Å². The molecule has 0 spiro atoms. The summed E-state index contributed by atoms with van der Waals surface area (Å²) in [7, 11) is 0. The normalized spacial score (nSPS) is 10.7. The first-order chi connectivity index (χ1) is 18.3. The molecule has 0 aromatic heterocycles. The Morgan fingerprint density at radius 2 is 1.24 bits per heavy atom. The van der Waals surface area contributed by atoms with E-state index >= 15 is 0 Å². The minimum Gasteiger partial charge on any atom is -0.423 e. The molecule has 38 heavy (non-hydrogen) atoms. The molecule has 0 unspecified atom stereocenters. The van der Waals surface area contributed by atoms with Crippen LogP contribution >= 0.6 is 23.2 Å². The number of hydrazone groups is 1. The fourth-order valence-electron chi connectivity index (χ4n) is 3.10. The highest BCUT2D eigenvalue weighted by atomic mass is 35.5. The van der Waals surface area contributed by atoms with Crippen molar-refractivity contribution in [2.24, 2.45) is 5.10 Å². The molecule has 0 saturated heterocycles. The lowest BCUT2D eigenvalue weighted by atomic mass is 10.2. The quantitative estimate of drug-likeness (QED) is 0.125. The molecule has 0 bridgehead atoms. The maximum atomic E-state index is 13.1. The van der Waals surface area contributed by atoms with Gasteiger partial charge in [0.1, 0.15) is 17.3 Å². The van der Waals surface area contributed by atoms with Gasteiger partial charge in [-0.05, 0) is 84.9 Å². The van der Waals surface area contributed by atoms with E-state index in [0.29, 0.717) is 10.0 Å². The lowest BCUT2D eigenvalue weighted by Crippen LogP contribution is -2.17. The van der Waals surface area contributed by atoms with Crippen molar-refractivity contribution in [2.45, 2.75) is 0 Å². The van der Waals surface area contributed by atoms with Gasteiger partial charge >= 0.3 is 11.9 Å². The SMILES string of the molecule is O=C(N/N=C\c1ccc(OC(=O)c2ccc(Cl)cc2)cc1OC(=O)c1ccc(Cl)cc1)c1ccc(F)cc1. The Morgan fingerprint density at radius 3 is 1.82 bits per heavy atom. The van der Waals surface area contributed by atoms with Gasteiger partial charge in [0.15, 0.2) is 0 Å². The van der Waals surface area contributed by atoms with Gasteiger partial charge in [0.05, 0.1) is 17.3 Å². The predicted molar refractivity (Wildman–Crippen MR) is 141 cm³/mol. The number of rotatable bonds is 7. The zero-order valence-electron chi connectivity index (χ0n) is 19.4. The summed E-state index contributed by atoms with van der Waals surface area (Å²) in [4.78, 5) is 37.5. The van der Waals surface area contributed by atoms with Crippen LogP contribution in [0.15, 0.2) is 96.1 Å². The molecule has 4 aromatic rings. The number of amides is 1. The summed E-state index contributed by atoms with van der Waals surface area (Å²) in [5, 5.41) is 4.80. The Morgan fingerprint density at radius 1 is 0.711 bits per heavy atom. The molecule has 0 saturated carbocycles. The number of halogens is 3. The third-order valence-electron chi connectivity index (χ3n) is 5.03. The molecular weight excluding hydrogens is 534 g/mol. The van der Waals surface area contributed by atoms with Crippen molar-refractivity contribution in [1.82, 2.24) is 5.43 Å². The third kappa shape index (κ3) is 7.03. The Labute approximate surface area is 226 Å². The molecule has 190 valence electrons. The van der Waals surface area contributed by atoms with Crippen LogP contribution < -0.4 is 14.9 Å². The lowest BCUT2D eigenvalue weighted by molar-refractivity contribution is 0.0732. The molecule has 10 heteroatoms. The van der Waals surface area contributed by atoms with E-state index in [4.69, 9.17) is 32.7 Å². The summed E-state index contributed by atoms with van der Waals surface area (Å²) in [6.07, 6.45) is 1.25. The second kappa shape index (κ2) is 12.1. The second-order valence-corrected chi connectivity index (χ2v) is 8.57. The lowest BCUT2D eigenvalue weighted by Gasteiger charge is -2.11. The van der Waals surface area contributed by atoms with Crippen molar-refractivity contribution in [1.29, 1.82) is 0 Å². The molecule has 0 atom stereocenters.